The molecule has 0 amide bonds. The molecule has 104 valence electrons. The molecule has 0 N–H and O–H groups in total. The lowest BCUT2D eigenvalue weighted by molar-refractivity contribution is 0.0397. The van der Waals surface area contributed by atoms with Crippen LogP contribution in [0.4, 0.5) is 0 Å². The maximum absolute atomic E-state index is 10.6. The third-order valence-corrected chi connectivity index (χ3v) is 3.13. The van der Waals surface area contributed by atoms with E-state index < -0.39 is 0 Å². The molecule has 5 nitrogen and oxygen atoms in total. The Hall–Kier alpha value is -1.27. The van der Waals surface area contributed by atoms with E-state index >= 15 is 0 Å². The molecule has 6 heteroatoms. The molecule has 0 radical (unpaired) electrons. The number of ether oxygens (including phenoxy) is 1. The molecule has 0 aliphatic heterocycles. The van der Waals surface area contributed by atoms with Gasteiger partial charge in [0.2, 0.25) is 6.41 Å². The van der Waals surface area contributed by atoms with E-state index in [1.165, 1.54) is 4.57 Å². The van der Waals surface area contributed by atoms with Crippen molar-refractivity contribution in [3.63, 3.8) is 0 Å². The largest absolute Gasteiger partial charge is 0.379 e. The van der Waals surface area contributed by atoms with Gasteiger partial charge in [0, 0.05) is 13.3 Å². The van der Waals surface area contributed by atoms with Crippen LogP contribution >= 0.6 is 15.9 Å². The second-order valence-electron chi connectivity index (χ2n) is 4.95. The lowest BCUT2D eigenvalue weighted by atomic mass is 10.2. The molecule has 0 spiro atoms. The lowest BCUT2D eigenvalue weighted by Gasteiger charge is -2.14. The fourth-order valence-corrected chi connectivity index (χ4v) is 1.39. The zero-order valence-electron chi connectivity index (χ0n) is 11.8. The number of nitrogens with zero attached hydrogens (tertiary/aromatic N) is 3. The SMILES string of the molecule is COC(C)(C)C.Cc1nc2c(ccn2C=O)nc1Br. The summed E-state index contributed by atoms with van der Waals surface area (Å²) in [5, 5.41) is 0. The van der Waals surface area contributed by atoms with Crippen molar-refractivity contribution in [1.29, 1.82) is 0 Å². The predicted molar refractivity (Wildman–Crippen MR) is 78.9 cm³/mol. The van der Waals surface area contributed by atoms with Crippen LogP contribution in [0.2, 0.25) is 0 Å². The Morgan fingerprint density at radius 1 is 1.37 bits per heavy atom. The highest BCUT2D eigenvalue weighted by molar-refractivity contribution is 9.10. The van der Waals surface area contributed by atoms with E-state index in [9.17, 15) is 4.79 Å². The first-order valence-electron chi connectivity index (χ1n) is 5.79. The molecule has 2 heterocycles. The van der Waals surface area contributed by atoms with Crippen molar-refractivity contribution in [2.75, 3.05) is 7.11 Å². The summed E-state index contributed by atoms with van der Waals surface area (Å²) in [6.07, 6.45) is 2.36. The standard InChI is InChI=1S/C8H6BrN3O.C5H12O/c1-5-7(9)11-6-2-3-12(4-13)8(6)10-5;1-5(2,3)6-4/h2-4H,1H3;1-4H3. The van der Waals surface area contributed by atoms with Crippen LogP contribution < -0.4 is 0 Å². The monoisotopic (exact) mass is 327 g/mol. The lowest BCUT2D eigenvalue weighted by Crippen LogP contribution is -2.15. The van der Waals surface area contributed by atoms with E-state index in [0.717, 1.165) is 5.69 Å². The number of carbonyl (C=O) groups is 1. The van der Waals surface area contributed by atoms with E-state index in [-0.39, 0.29) is 5.60 Å². The Morgan fingerprint density at radius 3 is 2.42 bits per heavy atom. The maximum Gasteiger partial charge on any atom is 0.219 e. The van der Waals surface area contributed by atoms with E-state index in [1.807, 2.05) is 27.7 Å². The minimum absolute atomic E-state index is 0.0417. The Labute approximate surface area is 121 Å². The molecule has 2 rings (SSSR count). The van der Waals surface area contributed by atoms with Crippen LogP contribution in [-0.2, 0) is 9.53 Å². The molecule has 2 aromatic heterocycles. The second kappa shape index (κ2) is 6.25. The van der Waals surface area contributed by atoms with Crippen molar-refractivity contribution < 1.29 is 9.53 Å². The number of fused-ring (bicyclic) bond motifs is 1. The first-order valence-corrected chi connectivity index (χ1v) is 6.59. The predicted octanol–water partition coefficient (Wildman–Crippen LogP) is 2.97. The molecule has 0 aliphatic rings. The van der Waals surface area contributed by atoms with Gasteiger partial charge >= 0.3 is 0 Å². The average Bonchev–Trinajstić information content (AvgIpc) is 2.72. The van der Waals surface area contributed by atoms with Gasteiger partial charge in [0.25, 0.3) is 0 Å². The zero-order valence-corrected chi connectivity index (χ0v) is 13.4. The number of aromatic nitrogens is 3. The molecule has 0 bridgehead atoms. The van der Waals surface area contributed by atoms with Gasteiger partial charge in [-0.15, -0.1) is 0 Å². The third kappa shape index (κ3) is 4.40. The summed E-state index contributed by atoms with van der Waals surface area (Å²) in [7, 11) is 1.71. The van der Waals surface area contributed by atoms with Crippen LogP contribution in [0.1, 0.15) is 26.5 Å². The van der Waals surface area contributed by atoms with Gasteiger partial charge in [0.15, 0.2) is 5.65 Å². The maximum atomic E-state index is 10.6. The Kier molecular flexibility index (Phi) is 5.20. The van der Waals surface area contributed by atoms with Crippen LogP contribution in [0, 0.1) is 6.92 Å². The van der Waals surface area contributed by atoms with Crippen molar-refractivity contribution in [3.05, 3.63) is 22.6 Å². The number of hydrogen-bond acceptors (Lipinski definition) is 4. The number of rotatable bonds is 1. The van der Waals surface area contributed by atoms with E-state index in [2.05, 4.69) is 25.9 Å². The molecule has 0 aliphatic carbocycles. The van der Waals surface area contributed by atoms with E-state index in [0.29, 0.717) is 22.2 Å². The number of methoxy groups -OCH3 is 1. The fourth-order valence-electron chi connectivity index (χ4n) is 1.11. The quantitative estimate of drug-likeness (QED) is 0.755. The highest BCUT2D eigenvalue weighted by Crippen LogP contribution is 2.16. The Bertz CT molecular complexity index is 573. The highest BCUT2D eigenvalue weighted by atomic mass is 79.9. The molecule has 0 saturated carbocycles. The van der Waals surface area contributed by atoms with Crippen LogP contribution in [0.5, 0.6) is 0 Å². The summed E-state index contributed by atoms with van der Waals surface area (Å²) in [5.74, 6) is 0. The van der Waals surface area contributed by atoms with Crippen LogP contribution in [-0.4, -0.2) is 33.7 Å². The minimum Gasteiger partial charge on any atom is -0.379 e. The van der Waals surface area contributed by atoms with Gasteiger partial charge in [-0.25, -0.2) is 9.97 Å². The van der Waals surface area contributed by atoms with Crippen molar-refractivity contribution in [1.82, 2.24) is 14.5 Å². The summed E-state index contributed by atoms with van der Waals surface area (Å²) in [4.78, 5) is 19.0. The van der Waals surface area contributed by atoms with Crippen molar-refractivity contribution in [2.45, 2.75) is 33.3 Å². The van der Waals surface area contributed by atoms with Crippen molar-refractivity contribution >= 4 is 33.5 Å². The van der Waals surface area contributed by atoms with Crippen LogP contribution in [0.25, 0.3) is 11.2 Å². The number of halogens is 1. The highest BCUT2D eigenvalue weighted by Gasteiger charge is 2.06. The number of aryl methyl sites for hydroxylation is 1. The van der Waals surface area contributed by atoms with Gasteiger partial charge in [-0.1, -0.05) is 0 Å². The van der Waals surface area contributed by atoms with Crippen molar-refractivity contribution in [2.24, 2.45) is 0 Å². The summed E-state index contributed by atoms with van der Waals surface area (Å²) < 4.78 is 7.05. The summed E-state index contributed by atoms with van der Waals surface area (Å²) in [6.45, 7) is 7.89. The van der Waals surface area contributed by atoms with E-state index in [1.54, 1.807) is 19.4 Å². The van der Waals surface area contributed by atoms with Gasteiger partial charge in [0.05, 0.1) is 11.3 Å². The first kappa shape index (κ1) is 15.8. The molecular weight excluding hydrogens is 310 g/mol. The van der Waals surface area contributed by atoms with Crippen molar-refractivity contribution in [3.8, 4) is 0 Å². The average molecular weight is 328 g/mol. The molecule has 0 aromatic carbocycles. The molecule has 0 fully saturated rings. The Balaban J connectivity index is 0.000000258. The molecule has 0 saturated heterocycles. The topological polar surface area (TPSA) is 57.0 Å². The van der Waals surface area contributed by atoms with Gasteiger partial charge in [-0.3, -0.25) is 9.36 Å². The van der Waals surface area contributed by atoms with Gasteiger partial charge in [0.1, 0.15) is 10.1 Å². The van der Waals surface area contributed by atoms with Gasteiger partial charge in [-0.05, 0) is 49.7 Å². The van der Waals surface area contributed by atoms with Crippen LogP contribution in [0.15, 0.2) is 16.9 Å². The van der Waals surface area contributed by atoms with E-state index in [4.69, 9.17) is 4.74 Å². The zero-order chi connectivity index (χ0) is 14.6. The molecular formula is C13H18BrN3O2. The van der Waals surface area contributed by atoms with Gasteiger partial charge in [-0.2, -0.15) is 0 Å². The first-order chi connectivity index (χ1) is 8.78. The summed E-state index contributed by atoms with van der Waals surface area (Å²) in [6, 6.07) is 1.75. The van der Waals surface area contributed by atoms with Gasteiger partial charge < -0.3 is 4.74 Å². The Morgan fingerprint density at radius 2 is 1.95 bits per heavy atom. The molecule has 0 unspecified atom stereocenters. The second-order valence-corrected chi connectivity index (χ2v) is 5.70. The minimum atomic E-state index is 0.0417. The summed E-state index contributed by atoms with van der Waals surface area (Å²) in [5.41, 5.74) is 2.12. The third-order valence-electron chi connectivity index (χ3n) is 2.38. The summed E-state index contributed by atoms with van der Waals surface area (Å²) >= 11 is 3.28. The normalized spacial score (nSPS) is 11.1. The number of carbonyl (C=O) groups excluding carboxylic acids is 1. The fraction of sp³-hybridized carbons (Fsp3) is 0.462. The molecule has 0 atom stereocenters. The molecule has 2 aromatic rings. The van der Waals surface area contributed by atoms with Crippen LogP contribution in [0.3, 0.4) is 0 Å². The smallest absolute Gasteiger partial charge is 0.219 e. The number of hydrogen-bond donors (Lipinski definition) is 0. The molecule has 19 heavy (non-hydrogen) atoms.